The number of hydrogen-bond donors (Lipinski definition) is 1. The fourth-order valence-corrected chi connectivity index (χ4v) is 2.43. The largest absolute Gasteiger partial charge is 0.392 e. The topological polar surface area (TPSA) is 63.4 Å². The van der Waals surface area contributed by atoms with E-state index in [9.17, 15) is 10.1 Å². The fourth-order valence-electron chi connectivity index (χ4n) is 1.51. The van der Waals surface area contributed by atoms with Crippen LogP contribution in [0, 0.1) is 10.1 Å². The molecule has 1 N–H and O–H groups in total. The molecule has 0 fully saturated rings. The standard InChI is InChI=1S/C13H11NO3S/c15-9-10-6-7-13(12(8-10)14(16)17)18-11-4-2-1-3-5-11/h1-8,15H,9H2. The van der Waals surface area contributed by atoms with Crippen molar-refractivity contribution in [1.29, 1.82) is 0 Å². The summed E-state index contributed by atoms with van der Waals surface area (Å²) >= 11 is 1.34. The highest BCUT2D eigenvalue weighted by molar-refractivity contribution is 7.99. The summed E-state index contributed by atoms with van der Waals surface area (Å²) in [4.78, 5) is 12.1. The second kappa shape index (κ2) is 5.66. The van der Waals surface area contributed by atoms with Gasteiger partial charge in [-0.25, -0.2) is 0 Å². The zero-order chi connectivity index (χ0) is 13.0. The monoisotopic (exact) mass is 261 g/mol. The molecule has 4 nitrogen and oxygen atoms in total. The van der Waals surface area contributed by atoms with Crippen LogP contribution in [0.1, 0.15) is 5.56 Å². The van der Waals surface area contributed by atoms with Crippen LogP contribution in [0.3, 0.4) is 0 Å². The Morgan fingerprint density at radius 3 is 2.50 bits per heavy atom. The zero-order valence-electron chi connectivity index (χ0n) is 9.45. The minimum absolute atomic E-state index is 0.0235. The summed E-state index contributed by atoms with van der Waals surface area (Å²) < 4.78 is 0. The van der Waals surface area contributed by atoms with Crippen LogP contribution in [0.2, 0.25) is 0 Å². The van der Waals surface area contributed by atoms with E-state index in [1.54, 1.807) is 12.1 Å². The van der Waals surface area contributed by atoms with Crippen molar-refractivity contribution < 1.29 is 10.0 Å². The number of nitro groups is 1. The van der Waals surface area contributed by atoms with E-state index in [0.29, 0.717) is 10.5 Å². The Hall–Kier alpha value is -1.85. The molecule has 2 aromatic rings. The lowest BCUT2D eigenvalue weighted by Crippen LogP contribution is -1.93. The zero-order valence-corrected chi connectivity index (χ0v) is 10.3. The van der Waals surface area contributed by atoms with E-state index in [1.807, 2.05) is 30.3 Å². The van der Waals surface area contributed by atoms with Crippen molar-refractivity contribution in [2.45, 2.75) is 16.4 Å². The van der Waals surface area contributed by atoms with E-state index in [4.69, 9.17) is 5.11 Å². The maximum absolute atomic E-state index is 11.0. The lowest BCUT2D eigenvalue weighted by molar-refractivity contribution is -0.387. The van der Waals surface area contributed by atoms with Crippen molar-refractivity contribution in [2.75, 3.05) is 0 Å². The van der Waals surface area contributed by atoms with Gasteiger partial charge < -0.3 is 5.11 Å². The van der Waals surface area contributed by atoms with Crippen molar-refractivity contribution >= 4 is 17.4 Å². The van der Waals surface area contributed by atoms with Gasteiger partial charge in [-0.05, 0) is 23.8 Å². The lowest BCUT2D eigenvalue weighted by atomic mass is 10.2. The van der Waals surface area contributed by atoms with Crippen LogP contribution in [0.15, 0.2) is 58.3 Å². The Bertz CT molecular complexity index is 557. The molecule has 0 aliphatic rings. The molecule has 5 heteroatoms. The first-order valence-corrected chi connectivity index (χ1v) is 6.13. The molecule has 0 atom stereocenters. The van der Waals surface area contributed by atoms with Gasteiger partial charge in [0.1, 0.15) is 0 Å². The van der Waals surface area contributed by atoms with Gasteiger partial charge in [-0.15, -0.1) is 0 Å². The fraction of sp³-hybridized carbons (Fsp3) is 0.0769. The van der Waals surface area contributed by atoms with Gasteiger partial charge in [0.25, 0.3) is 5.69 Å². The summed E-state index contributed by atoms with van der Waals surface area (Å²) in [5.41, 5.74) is 0.564. The van der Waals surface area contributed by atoms with E-state index < -0.39 is 4.92 Å². The van der Waals surface area contributed by atoms with Crippen molar-refractivity contribution in [2.24, 2.45) is 0 Å². The van der Waals surface area contributed by atoms with Crippen molar-refractivity contribution in [1.82, 2.24) is 0 Å². The van der Waals surface area contributed by atoms with Gasteiger partial charge in [-0.3, -0.25) is 10.1 Å². The van der Waals surface area contributed by atoms with Crippen LogP contribution in [0.5, 0.6) is 0 Å². The van der Waals surface area contributed by atoms with Gasteiger partial charge in [-0.2, -0.15) is 0 Å². The molecule has 0 spiro atoms. The van der Waals surface area contributed by atoms with E-state index in [2.05, 4.69) is 0 Å². The van der Waals surface area contributed by atoms with Crippen molar-refractivity contribution in [3.05, 3.63) is 64.2 Å². The van der Waals surface area contributed by atoms with E-state index >= 15 is 0 Å². The van der Waals surface area contributed by atoms with Gasteiger partial charge in [0.05, 0.1) is 16.4 Å². The molecule has 0 bridgehead atoms. The normalized spacial score (nSPS) is 10.3. The molecule has 2 rings (SSSR count). The summed E-state index contributed by atoms with van der Waals surface area (Å²) in [5.74, 6) is 0. The average Bonchev–Trinajstić information content (AvgIpc) is 2.40. The maximum Gasteiger partial charge on any atom is 0.283 e. The maximum atomic E-state index is 11.0. The molecule has 18 heavy (non-hydrogen) atoms. The molecule has 0 radical (unpaired) electrons. The molecule has 2 aromatic carbocycles. The molecule has 0 aliphatic carbocycles. The summed E-state index contributed by atoms with van der Waals surface area (Å²) in [6.45, 7) is -0.197. The Morgan fingerprint density at radius 1 is 1.17 bits per heavy atom. The number of nitrogens with zero attached hydrogens (tertiary/aromatic N) is 1. The molecule has 0 unspecified atom stereocenters. The van der Waals surface area contributed by atoms with Gasteiger partial charge in [0.15, 0.2) is 0 Å². The number of rotatable bonds is 4. The summed E-state index contributed by atoms with van der Waals surface area (Å²) in [6.07, 6.45) is 0. The van der Waals surface area contributed by atoms with E-state index in [-0.39, 0.29) is 12.3 Å². The third-order valence-electron chi connectivity index (χ3n) is 2.37. The smallest absolute Gasteiger partial charge is 0.283 e. The molecule has 0 amide bonds. The second-order valence-corrected chi connectivity index (χ2v) is 4.75. The van der Waals surface area contributed by atoms with E-state index in [1.165, 1.54) is 17.8 Å². The number of hydrogen-bond acceptors (Lipinski definition) is 4. The van der Waals surface area contributed by atoms with Crippen LogP contribution in [0.25, 0.3) is 0 Å². The van der Waals surface area contributed by atoms with Crippen LogP contribution in [-0.4, -0.2) is 10.0 Å². The average molecular weight is 261 g/mol. The Morgan fingerprint density at radius 2 is 1.89 bits per heavy atom. The van der Waals surface area contributed by atoms with Gasteiger partial charge in [-0.1, -0.05) is 36.0 Å². The summed E-state index contributed by atoms with van der Waals surface area (Å²) in [7, 11) is 0. The molecule has 92 valence electrons. The Kier molecular flexibility index (Phi) is 3.96. The number of benzene rings is 2. The number of aliphatic hydroxyl groups is 1. The van der Waals surface area contributed by atoms with Crippen molar-refractivity contribution in [3.63, 3.8) is 0 Å². The van der Waals surface area contributed by atoms with Crippen molar-refractivity contribution in [3.8, 4) is 0 Å². The lowest BCUT2D eigenvalue weighted by Gasteiger charge is -2.04. The van der Waals surface area contributed by atoms with Gasteiger partial charge >= 0.3 is 0 Å². The summed E-state index contributed by atoms with van der Waals surface area (Å²) in [6, 6.07) is 14.2. The molecular weight excluding hydrogens is 250 g/mol. The molecule has 0 heterocycles. The molecule has 0 saturated heterocycles. The first-order chi connectivity index (χ1) is 8.70. The number of aliphatic hydroxyl groups excluding tert-OH is 1. The van der Waals surface area contributed by atoms with Crippen LogP contribution >= 0.6 is 11.8 Å². The van der Waals surface area contributed by atoms with Gasteiger partial charge in [0.2, 0.25) is 0 Å². The second-order valence-electron chi connectivity index (χ2n) is 3.63. The SMILES string of the molecule is O=[N+]([O-])c1cc(CO)ccc1Sc1ccccc1. The Balaban J connectivity index is 2.35. The first-order valence-electron chi connectivity index (χ1n) is 5.32. The quantitative estimate of drug-likeness (QED) is 0.678. The highest BCUT2D eigenvalue weighted by Crippen LogP contribution is 2.35. The minimum atomic E-state index is -0.426. The highest BCUT2D eigenvalue weighted by atomic mass is 32.2. The third-order valence-corrected chi connectivity index (χ3v) is 3.45. The van der Waals surface area contributed by atoms with Crippen LogP contribution < -0.4 is 0 Å². The molecule has 0 aliphatic heterocycles. The minimum Gasteiger partial charge on any atom is -0.392 e. The first kappa shape index (κ1) is 12.6. The predicted octanol–water partition coefficient (Wildman–Crippen LogP) is 3.24. The Labute approximate surface area is 108 Å². The predicted molar refractivity (Wildman–Crippen MR) is 69.6 cm³/mol. The molecular formula is C13H11NO3S. The number of nitro benzene ring substituents is 1. The molecule has 0 aromatic heterocycles. The van der Waals surface area contributed by atoms with Crippen LogP contribution in [0.4, 0.5) is 5.69 Å². The van der Waals surface area contributed by atoms with E-state index in [0.717, 1.165) is 4.90 Å². The molecule has 0 saturated carbocycles. The summed E-state index contributed by atoms with van der Waals surface area (Å²) in [5, 5.41) is 20.0. The third kappa shape index (κ3) is 2.88. The highest BCUT2D eigenvalue weighted by Gasteiger charge is 2.15. The van der Waals surface area contributed by atoms with Gasteiger partial charge in [0, 0.05) is 11.0 Å². The van der Waals surface area contributed by atoms with Crippen LogP contribution in [-0.2, 0) is 6.61 Å².